The van der Waals surface area contributed by atoms with Crippen LogP contribution in [0.25, 0.3) is 0 Å². The summed E-state index contributed by atoms with van der Waals surface area (Å²) >= 11 is 2.98. The lowest BCUT2D eigenvalue weighted by atomic mass is 10.2. The zero-order valence-electron chi connectivity index (χ0n) is 5.84. The number of nitrogens with two attached hydrogens (primary N) is 1. The summed E-state index contributed by atoms with van der Waals surface area (Å²) in [5.74, 6) is 0.0897. The Morgan fingerprint density at radius 1 is 1.42 bits per heavy atom. The topological polar surface area (TPSA) is 39.2 Å². The van der Waals surface area contributed by atoms with Crippen molar-refractivity contribution in [2.24, 2.45) is 5.73 Å². The molecule has 6 heteroatoms. The Hall–Kier alpha value is -0.130. The molecule has 0 bridgehead atoms. The maximum Gasteiger partial charge on any atom is 0.260 e. The summed E-state index contributed by atoms with van der Waals surface area (Å²) in [7, 11) is 0. The molecule has 70 valence electrons. The van der Waals surface area contributed by atoms with Crippen LogP contribution in [0.2, 0.25) is 0 Å². The maximum atomic E-state index is 11.9. The first-order valence-electron chi connectivity index (χ1n) is 2.90. The van der Waals surface area contributed by atoms with Gasteiger partial charge in [-0.1, -0.05) is 0 Å². The lowest BCUT2D eigenvalue weighted by molar-refractivity contribution is 0.106. The SMILES string of the molecule is Cl.N[C@@H](c1ccc(Br)o1)C(F)F. The van der Waals surface area contributed by atoms with Crippen molar-refractivity contribution in [2.75, 3.05) is 0 Å². The first-order valence-corrected chi connectivity index (χ1v) is 3.69. The van der Waals surface area contributed by atoms with Gasteiger partial charge in [-0.05, 0) is 28.1 Å². The molecule has 1 aromatic rings. The summed E-state index contributed by atoms with van der Waals surface area (Å²) in [5, 5.41) is 0. The van der Waals surface area contributed by atoms with Crippen molar-refractivity contribution in [2.45, 2.75) is 12.5 Å². The molecular weight excluding hydrogens is 255 g/mol. The van der Waals surface area contributed by atoms with Crippen LogP contribution in [0.1, 0.15) is 11.8 Å². The molecule has 12 heavy (non-hydrogen) atoms. The van der Waals surface area contributed by atoms with E-state index in [9.17, 15) is 8.78 Å². The molecule has 0 radical (unpaired) electrons. The summed E-state index contributed by atoms with van der Waals surface area (Å²) in [6.45, 7) is 0. The van der Waals surface area contributed by atoms with E-state index in [1.54, 1.807) is 0 Å². The largest absolute Gasteiger partial charge is 0.452 e. The molecule has 0 aliphatic rings. The van der Waals surface area contributed by atoms with E-state index in [4.69, 9.17) is 10.2 Å². The highest BCUT2D eigenvalue weighted by atomic mass is 79.9. The maximum absolute atomic E-state index is 11.9. The normalized spacial score (nSPS) is 12.8. The minimum atomic E-state index is -2.59. The van der Waals surface area contributed by atoms with E-state index >= 15 is 0 Å². The number of hydrogen-bond acceptors (Lipinski definition) is 2. The van der Waals surface area contributed by atoms with Crippen molar-refractivity contribution in [3.8, 4) is 0 Å². The Morgan fingerprint density at radius 2 is 2.00 bits per heavy atom. The molecule has 1 aromatic heterocycles. The molecule has 0 aliphatic carbocycles. The van der Waals surface area contributed by atoms with Gasteiger partial charge in [0.2, 0.25) is 0 Å². The Kier molecular flexibility index (Phi) is 4.74. The number of hydrogen-bond donors (Lipinski definition) is 1. The lowest BCUT2D eigenvalue weighted by Gasteiger charge is -2.05. The molecule has 0 saturated carbocycles. The monoisotopic (exact) mass is 261 g/mol. The zero-order chi connectivity index (χ0) is 8.43. The molecule has 0 spiro atoms. The quantitative estimate of drug-likeness (QED) is 0.890. The molecule has 1 atom stereocenters. The first kappa shape index (κ1) is 11.9. The van der Waals surface area contributed by atoms with E-state index in [1.165, 1.54) is 12.1 Å². The van der Waals surface area contributed by atoms with Gasteiger partial charge < -0.3 is 10.2 Å². The molecule has 1 heterocycles. The number of alkyl halides is 2. The van der Waals surface area contributed by atoms with Gasteiger partial charge in [0.25, 0.3) is 6.43 Å². The molecule has 1 rings (SSSR count). The summed E-state index contributed by atoms with van der Waals surface area (Å²) in [6.07, 6.45) is -2.59. The van der Waals surface area contributed by atoms with E-state index in [0.717, 1.165) is 0 Å². The Labute approximate surface area is 82.6 Å². The van der Waals surface area contributed by atoms with Crippen molar-refractivity contribution in [3.05, 3.63) is 22.6 Å². The van der Waals surface area contributed by atoms with E-state index in [0.29, 0.717) is 4.67 Å². The van der Waals surface area contributed by atoms with Gasteiger partial charge in [-0.25, -0.2) is 8.78 Å². The molecule has 0 aliphatic heterocycles. The number of halogens is 4. The minimum Gasteiger partial charge on any atom is -0.452 e. The third-order valence-electron chi connectivity index (χ3n) is 1.19. The van der Waals surface area contributed by atoms with Crippen LogP contribution in [0.5, 0.6) is 0 Å². The van der Waals surface area contributed by atoms with Crippen LogP contribution in [0.3, 0.4) is 0 Å². The molecular formula is C6H7BrClF2NO. The predicted molar refractivity (Wildman–Crippen MR) is 46.6 cm³/mol. The van der Waals surface area contributed by atoms with Gasteiger partial charge in [0.1, 0.15) is 11.8 Å². The molecule has 2 nitrogen and oxygen atoms in total. The predicted octanol–water partition coefficient (Wildman–Crippen LogP) is 2.73. The molecule has 2 N–H and O–H groups in total. The van der Waals surface area contributed by atoms with Gasteiger partial charge in [0.05, 0.1) is 0 Å². The number of furan rings is 1. The third kappa shape index (κ3) is 2.73. The zero-order valence-corrected chi connectivity index (χ0v) is 8.24. The third-order valence-corrected chi connectivity index (χ3v) is 1.62. The van der Waals surface area contributed by atoms with Gasteiger partial charge in [-0.3, -0.25) is 0 Å². The highest BCUT2D eigenvalue weighted by Gasteiger charge is 2.20. The van der Waals surface area contributed by atoms with E-state index < -0.39 is 12.5 Å². The second-order valence-corrected chi connectivity index (χ2v) is 2.78. The minimum absolute atomic E-state index is 0. The van der Waals surface area contributed by atoms with E-state index in [2.05, 4.69) is 15.9 Å². The van der Waals surface area contributed by atoms with Crippen LogP contribution >= 0.6 is 28.3 Å². The van der Waals surface area contributed by atoms with Gasteiger partial charge >= 0.3 is 0 Å². The van der Waals surface area contributed by atoms with Crippen LogP contribution in [0, 0.1) is 0 Å². The Morgan fingerprint density at radius 3 is 2.33 bits per heavy atom. The van der Waals surface area contributed by atoms with Gasteiger partial charge in [0, 0.05) is 0 Å². The van der Waals surface area contributed by atoms with Crippen LogP contribution in [-0.4, -0.2) is 6.43 Å². The van der Waals surface area contributed by atoms with Crippen molar-refractivity contribution in [3.63, 3.8) is 0 Å². The fraction of sp³-hybridized carbons (Fsp3) is 0.333. The summed E-state index contributed by atoms with van der Waals surface area (Å²) in [4.78, 5) is 0. The highest BCUT2D eigenvalue weighted by molar-refractivity contribution is 9.10. The van der Waals surface area contributed by atoms with Crippen LogP contribution < -0.4 is 5.73 Å². The van der Waals surface area contributed by atoms with Crippen molar-refractivity contribution in [1.29, 1.82) is 0 Å². The smallest absolute Gasteiger partial charge is 0.260 e. The Bertz CT molecular complexity index is 243. The first-order chi connectivity index (χ1) is 5.11. The molecule has 0 fully saturated rings. The van der Waals surface area contributed by atoms with Gasteiger partial charge in [0.15, 0.2) is 4.67 Å². The molecule has 0 unspecified atom stereocenters. The van der Waals surface area contributed by atoms with Crippen molar-refractivity contribution in [1.82, 2.24) is 0 Å². The molecule has 0 amide bonds. The molecule has 0 aromatic carbocycles. The fourth-order valence-corrected chi connectivity index (χ4v) is 0.951. The standard InChI is InChI=1S/C6H6BrF2NO.ClH/c7-4-2-1-3(11-4)5(10)6(8)9;/h1-2,5-6H,10H2;1H/t5-;/m0./s1. The van der Waals surface area contributed by atoms with Crippen LogP contribution in [0.4, 0.5) is 8.78 Å². The number of rotatable bonds is 2. The van der Waals surface area contributed by atoms with Crippen molar-refractivity contribution >= 4 is 28.3 Å². The Balaban J connectivity index is 0.00000121. The summed E-state index contributed by atoms with van der Waals surface area (Å²) in [5.41, 5.74) is 5.09. The summed E-state index contributed by atoms with van der Waals surface area (Å²) in [6, 6.07) is 1.61. The second-order valence-electron chi connectivity index (χ2n) is 2.00. The average Bonchev–Trinajstić information content (AvgIpc) is 2.34. The van der Waals surface area contributed by atoms with Crippen LogP contribution in [-0.2, 0) is 0 Å². The fourth-order valence-electron chi connectivity index (χ4n) is 0.632. The average molecular weight is 262 g/mol. The van der Waals surface area contributed by atoms with Crippen LogP contribution in [0.15, 0.2) is 21.2 Å². The second kappa shape index (κ2) is 4.79. The van der Waals surface area contributed by atoms with Crippen molar-refractivity contribution < 1.29 is 13.2 Å². The lowest BCUT2D eigenvalue weighted by Crippen LogP contribution is -2.17. The van der Waals surface area contributed by atoms with Gasteiger partial charge in [-0.2, -0.15) is 0 Å². The molecule has 0 saturated heterocycles. The summed E-state index contributed by atoms with van der Waals surface area (Å²) < 4.78 is 29.1. The van der Waals surface area contributed by atoms with E-state index in [1.807, 2.05) is 0 Å². The highest BCUT2D eigenvalue weighted by Crippen LogP contribution is 2.22. The van der Waals surface area contributed by atoms with E-state index in [-0.39, 0.29) is 18.2 Å². The van der Waals surface area contributed by atoms with Gasteiger partial charge in [-0.15, -0.1) is 12.4 Å².